The maximum atomic E-state index is 11.9. The van der Waals surface area contributed by atoms with Gasteiger partial charge in [0.1, 0.15) is 0 Å². The molecular formula is C13H24N2O4. The molecule has 1 rings (SSSR count). The van der Waals surface area contributed by atoms with E-state index in [-0.39, 0.29) is 12.6 Å². The van der Waals surface area contributed by atoms with Crippen LogP contribution in [0.5, 0.6) is 0 Å². The van der Waals surface area contributed by atoms with Crippen LogP contribution < -0.4 is 5.32 Å². The van der Waals surface area contributed by atoms with Gasteiger partial charge in [-0.1, -0.05) is 13.8 Å². The van der Waals surface area contributed by atoms with Crippen LogP contribution in [0.3, 0.4) is 0 Å². The Bertz CT molecular complexity index is 320. The first-order valence-electron chi connectivity index (χ1n) is 6.85. The number of aliphatic hydroxyl groups excluding tert-OH is 1. The summed E-state index contributed by atoms with van der Waals surface area (Å²) in [6, 6.07) is -0.287. The molecule has 0 radical (unpaired) electrons. The van der Waals surface area contributed by atoms with Crippen LogP contribution in [0.1, 0.15) is 33.1 Å². The van der Waals surface area contributed by atoms with E-state index >= 15 is 0 Å². The Morgan fingerprint density at radius 3 is 2.58 bits per heavy atom. The van der Waals surface area contributed by atoms with Crippen LogP contribution in [0.15, 0.2) is 0 Å². The number of carbonyl (C=O) groups excluding carboxylic acids is 1. The fraction of sp³-hybridized carbons (Fsp3) is 0.846. The zero-order valence-electron chi connectivity index (χ0n) is 11.6. The van der Waals surface area contributed by atoms with Crippen molar-refractivity contribution in [2.45, 2.75) is 39.2 Å². The average Bonchev–Trinajstić information content (AvgIpc) is 2.60. The summed E-state index contributed by atoms with van der Waals surface area (Å²) in [6.07, 6.45) is 1.53. The van der Waals surface area contributed by atoms with Gasteiger partial charge in [-0.3, -0.25) is 0 Å². The van der Waals surface area contributed by atoms with Crippen LogP contribution in [0.2, 0.25) is 0 Å². The number of hydrogen-bond donors (Lipinski definition) is 3. The highest BCUT2D eigenvalue weighted by molar-refractivity contribution is 5.76. The number of nitrogens with zero attached hydrogens (tertiary/aromatic N) is 1. The minimum atomic E-state index is -1.54. The van der Waals surface area contributed by atoms with Crippen molar-refractivity contribution in [1.29, 1.82) is 0 Å². The molecule has 1 fully saturated rings. The molecule has 3 N–H and O–H groups in total. The number of hydrogen-bond acceptors (Lipinski definition) is 3. The highest BCUT2D eigenvalue weighted by Gasteiger charge is 2.23. The Labute approximate surface area is 113 Å². The molecule has 1 heterocycles. The molecule has 0 aromatic heterocycles. The molecule has 6 nitrogen and oxygen atoms in total. The van der Waals surface area contributed by atoms with Crippen molar-refractivity contribution in [3.63, 3.8) is 0 Å². The summed E-state index contributed by atoms with van der Waals surface area (Å²) >= 11 is 0. The predicted molar refractivity (Wildman–Crippen MR) is 70.8 cm³/mol. The molecule has 19 heavy (non-hydrogen) atoms. The molecule has 0 aromatic carbocycles. The number of carboxylic acid groups (broad SMARTS) is 1. The fourth-order valence-electron chi connectivity index (χ4n) is 2.37. The number of likely N-dealkylation sites (tertiary alicyclic amines) is 1. The van der Waals surface area contributed by atoms with Crippen LogP contribution in [-0.4, -0.2) is 52.9 Å². The molecule has 1 aliphatic heterocycles. The standard InChI is InChI=1S/C13H24N2O4/c1-9(2)10-4-3-6-15(7-5-10)13(19)14-8-11(16)12(17)18/h9-11,16H,3-8H2,1-2H3,(H,14,19)(H,17,18). The number of amides is 2. The summed E-state index contributed by atoms with van der Waals surface area (Å²) in [5.74, 6) is -0.0599. The van der Waals surface area contributed by atoms with Crippen LogP contribution in [-0.2, 0) is 4.79 Å². The normalized spacial score (nSPS) is 21.9. The predicted octanol–water partition coefficient (Wildman–Crippen LogP) is 0.900. The summed E-state index contributed by atoms with van der Waals surface area (Å²) < 4.78 is 0. The molecule has 0 aliphatic carbocycles. The zero-order valence-corrected chi connectivity index (χ0v) is 11.6. The van der Waals surface area contributed by atoms with Gasteiger partial charge in [0.25, 0.3) is 0 Å². The van der Waals surface area contributed by atoms with Crippen molar-refractivity contribution in [3.8, 4) is 0 Å². The molecule has 0 bridgehead atoms. The third-order valence-electron chi connectivity index (χ3n) is 3.73. The summed E-state index contributed by atoms with van der Waals surface area (Å²) in [5.41, 5.74) is 0. The largest absolute Gasteiger partial charge is 0.479 e. The summed E-state index contributed by atoms with van der Waals surface area (Å²) in [5, 5.41) is 20.1. The van der Waals surface area contributed by atoms with E-state index in [1.807, 2.05) is 0 Å². The maximum absolute atomic E-state index is 11.9. The van der Waals surface area contributed by atoms with Crippen LogP contribution in [0.25, 0.3) is 0 Å². The molecule has 0 spiro atoms. The van der Waals surface area contributed by atoms with Crippen LogP contribution in [0, 0.1) is 11.8 Å². The number of rotatable bonds is 4. The third-order valence-corrected chi connectivity index (χ3v) is 3.73. The lowest BCUT2D eigenvalue weighted by atomic mass is 9.89. The van der Waals surface area contributed by atoms with Gasteiger partial charge >= 0.3 is 12.0 Å². The van der Waals surface area contributed by atoms with E-state index in [0.717, 1.165) is 19.3 Å². The van der Waals surface area contributed by atoms with Gasteiger partial charge < -0.3 is 20.4 Å². The SMILES string of the molecule is CC(C)C1CCCN(C(=O)NCC(O)C(=O)O)CC1. The van der Waals surface area contributed by atoms with Gasteiger partial charge in [-0.05, 0) is 31.1 Å². The Morgan fingerprint density at radius 1 is 1.32 bits per heavy atom. The second kappa shape index (κ2) is 7.33. The summed E-state index contributed by atoms with van der Waals surface area (Å²) in [6.45, 7) is 5.53. The first kappa shape index (κ1) is 15.8. The van der Waals surface area contributed by atoms with E-state index in [4.69, 9.17) is 10.2 Å². The number of aliphatic hydroxyl groups is 1. The molecule has 0 aromatic rings. The molecule has 2 unspecified atom stereocenters. The fourth-order valence-corrected chi connectivity index (χ4v) is 2.37. The molecule has 1 saturated heterocycles. The molecule has 2 amide bonds. The highest BCUT2D eigenvalue weighted by Crippen LogP contribution is 2.24. The first-order chi connectivity index (χ1) is 8.91. The van der Waals surface area contributed by atoms with Crippen molar-refractivity contribution in [3.05, 3.63) is 0 Å². The zero-order chi connectivity index (χ0) is 14.4. The number of carbonyl (C=O) groups is 2. The third kappa shape index (κ3) is 5.06. The first-order valence-corrected chi connectivity index (χ1v) is 6.85. The molecule has 1 aliphatic rings. The van der Waals surface area contributed by atoms with Gasteiger partial charge in [0, 0.05) is 13.1 Å². The number of urea groups is 1. The van der Waals surface area contributed by atoms with E-state index in [0.29, 0.717) is 24.9 Å². The molecule has 6 heteroatoms. The number of aliphatic carboxylic acids is 1. The monoisotopic (exact) mass is 272 g/mol. The molecule has 0 saturated carbocycles. The van der Waals surface area contributed by atoms with E-state index < -0.39 is 12.1 Å². The topological polar surface area (TPSA) is 89.9 Å². The van der Waals surface area contributed by atoms with Gasteiger partial charge in [0.2, 0.25) is 0 Å². The molecule has 110 valence electrons. The average molecular weight is 272 g/mol. The lowest BCUT2D eigenvalue weighted by molar-refractivity contribution is -0.146. The van der Waals surface area contributed by atoms with Crippen molar-refractivity contribution in [2.24, 2.45) is 11.8 Å². The van der Waals surface area contributed by atoms with Crippen LogP contribution in [0.4, 0.5) is 4.79 Å². The number of carboxylic acids is 1. The van der Waals surface area contributed by atoms with Crippen molar-refractivity contribution in [2.75, 3.05) is 19.6 Å². The van der Waals surface area contributed by atoms with Crippen molar-refractivity contribution < 1.29 is 19.8 Å². The van der Waals surface area contributed by atoms with E-state index in [1.54, 1.807) is 4.90 Å². The number of nitrogens with one attached hydrogen (secondary N) is 1. The minimum absolute atomic E-state index is 0.252. The van der Waals surface area contributed by atoms with Crippen LogP contribution >= 0.6 is 0 Å². The second-order valence-electron chi connectivity index (χ2n) is 5.46. The lowest BCUT2D eigenvalue weighted by Crippen LogP contribution is -2.44. The second-order valence-corrected chi connectivity index (χ2v) is 5.46. The summed E-state index contributed by atoms with van der Waals surface area (Å²) in [4.78, 5) is 24.0. The Morgan fingerprint density at radius 2 is 2.00 bits per heavy atom. The lowest BCUT2D eigenvalue weighted by Gasteiger charge is -2.22. The van der Waals surface area contributed by atoms with Gasteiger partial charge in [0.05, 0.1) is 6.54 Å². The maximum Gasteiger partial charge on any atom is 0.334 e. The molecule has 2 atom stereocenters. The van der Waals surface area contributed by atoms with E-state index in [9.17, 15) is 9.59 Å². The smallest absolute Gasteiger partial charge is 0.334 e. The van der Waals surface area contributed by atoms with Crippen molar-refractivity contribution in [1.82, 2.24) is 10.2 Å². The van der Waals surface area contributed by atoms with E-state index in [2.05, 4.69) is 19.2 Å². The van der Waals surface area contributed by atoms with Gasteiger partial charge in [0.15, 0.2) is 6.10 Å². The Balaban J connectivity index is 2.39. The van der Waals surface area contributed by atoms with Gasteiger partial charge in [-0.25, -0.2) is 9.59 Å². The van der Waals surface area contributed by atoms with Gasteiger partial charge in [-0.15, -0.1) is 0 Å². The summed E-state index contributed by atoms with van der Waals surface area (Å²) in [7, 11) is 0. The minimum Gasteiger partial charge on any atom is -0.479 e. The van der Waals surface area contributed by atoms with Gasteiger partial charge in [-0.2, -0.15) is 0 Å². The molecular weight excluding hydrogens is 248 g/mol. The van der Waals surface area contributed by atoms with E-state index in [1.165, 1.54) is 0 Å². The highest BCUT2D eigenvalue weighted by atomic mass is 16.4. The Hall–Kier alpha value is -1.30. The Kier molecular flexibility index (Phi) is 6.08. The van der Waals surface area contributed by atoms with Crippen molar-refractivity contribution >= 4 is 12.0 Å². The quantitative estimate of drug-likeness (QED) is 0.709.